The van der Waals surface area contributed by atoms with Crippen molar-refractivity contribution < 1.29 is 29.1 Å². The Morgan fingerprint density at radius 3 is 2.52 bits per heavy atom. The molecule has 2 atom stereocenters. The number of piperidine rings is 1. The Bertz CT molecular complexity index is 599. The lowest BCUT2D eigenvalue weighted by molar-refractivity contribution is -0.159. The molecule has 2 saturated heterocycles. The largest absolute Gasteiger partial charge is 0.473 e. The van der Waals surface area contributed by atoms with Gasteiger partial charge in [0.05, 0.1) is 5.41 Å². The van der Waals surface area contributed by atoms with Gasteiger partial charge in [-0.1, -0.05) is 0 Å². The number of carboxylic acid groups (broad SMARTS) is 2. The van der Waals surface area contributed by atoms with Gasteiger partial charge in [-0.25, -0.2) is 9.59 Å². The fourth-order valence-corrected chi connectivity index (χ4v) is 2.92. The van der Waals surface area contributed by atoms with Gasteiger partial charge in [-0.3, -0.25) is 10.1 Å². The van der Waals surface area contributed by atoms with E-state index in [-0.39, 0.29) is 17.3 Å². The highest BCUT2D eigenvalue weighted by molar-refractivity contribution is 6.27. The number of anilines is 1. The van der Waals surface area contributed by atoms with Gasteiger partial charge in [0.2, 0.25) is 11.8 Å². The second kappa shape index (κ2) is 6.73. The zero-order valence-electron chi connectivity index (χ0n) is 12.6. The van der Waals surface area contributed by atoms with E-state index in [4.69, 9.17) is 24.3 Å². The summed E-state index contributed by atoms with van der Waals surface area (Å²) in [4.78, 5) is 35.9. The predicted molar refractivity (Wildman–Crippen MR) is 75.8 cm³/mol. The van der Waals surface area contributed by atoms with Crippen molar-refractivity contribution >= 4 is 23.8 Å². The van der Waals surface area contributed by atoms with Crippen LogP contribution in [0, 0.1) is 0 Å². The molecule has 0 spiro atoms. The van der Waals surface area contributed by atoms with Crippen molar-refractivity contribution in [2.45, 2.75) is 31.6 Å². The zero-order valence-corrected chi connectivity index (χ0v) is 12.6. The van der Waals surface area contributed by atoms with Crippen molar-refractivity contribution in [2.24, 2.45) is 0 Å². The lowest BCUT2D eigenvalue weighted by atomic mass is 9.81. The van der Waals surface area contributed by atoms with E-state index in [0.717, 1.165) is 25.9 Å². The van der Waals surface area contributed by atoms with Crippen LogP contribution in [0.5, 0.6) is 0 Å². The summed E-state index contributed by atoms with van der Waals surface area (Å²) in [6.07, 6.45) is 3.36. The normalized spacial score (nSPS) is 25.2. The molecule has 1 aromatic heterocycles. The Hall–Kier alpha value is -2.49. The summed E-state index contributed by atoms with van der Waals surface area (Å²) in [5, 5.41) is 21.1. The van der Waals surface area contributed by atoms with E-state index in [1.54, 1.807) is 0 Å². The standard InChI is InChI=1S/C11H16N4O2.C2H2O4/c1-8(16)12-10-13-9(17-14-10)11-3-2-5-15(7-11)6-4-11;3-1(4)2(5)6/h2-7H2,1H3,(H,12,14,16);(H,3,4)(H,5,6). The molecule has 2 aliphatic heterocycles. The molecule has 10 nitrogen and oxygen atoms in total. The minimum atomic E-state index is -1.82. The van der Waals surface area contributed by atoms with Crippen LogP contribution in [0.15, 0.2) is 4.52 Å². The van der Waals surface area contributed by atoms with Crippen LogP contribution in [-0.2, 0) is 19.8 Å². The Balaban J connectivity index is 0.000000277. The highest BCUT2D eigenvalue weighted by Gasteiger charge is 2.46. The van der Waals surface area contributed by atoms with E-state index in [0.29, 0.717) is 5.89 Å². The third-order valence-electron chi connectivity index (χ3n) is 3.91. The van der Waals surface area contributed by atoms with Crippen LogP contribution in [0.4, 0.5) is 5.95 Å². The summed E-state index contributed by atoms with van der Waals surface area (Å²) in [5.41, 5.74) is 0.0297. The number of carbonyl (C=O) groups is 3. The minimum absolute atomic E-state index is 0.0297. The lowest BCUT2D eigenvalue weighted by Gasteiger charge is -2.30. The Kier molecular flexibility index (Phi) is 4.94. The van der Waals surface area contributed by atoms with Crippen LogP contribution >= 0.6 is 0 Å². The third-order valence-corrected chi connectivity index (χ3v) is 3.91. The maximum absolute atomic E-state index is 10.9. The number of nitrogens with one attached hydrogen (secondary N) is 1. The molecule has 1 aromatic rings. The van der Waals surface area contributed by atoms with Gasteiger partial charge >= 0.3 is 11.9 Å². The number of fused-ring (bicyclic) bond motifs is 2. The van der Waals surface area contributed by atoms with Crippen molar-refractivity contribution in [3.63, 3.8) is 0 Å². The first kappa shape index (κ1) is 16.9. The number of carboxylic acids is 2. The average Bonchev–Trinajstić information content (AvgIpc) is 3.05. The van der Waals surface area contributed by atoms with Crippen LogP contribution < -0.4 is 5.32 Å². The van der Waals surface area contributed by atoms with E-state index < -0.39 is 11.9 Å². The van der Waals surface area contributed by atoms with Crippen molar-refractivity contribution in [1.29, 1.82) is 0 Å². The molecule has 0 aromatic carbocycles. The summed E-state index contributed by atoms with van der Waals surface area (Å²) in [6.45, 7) is 4.73. The van der Waals surface area contributed by atoms with Gasteiger partial charge in [-0.05, 0) is 37.5 Å². The molecule has 0 saturated carbocycles. The van der Waals surface area contributed by atoms with E-state index >= 15 is 0 Å². The van der Waals surface area contributed by atoms with Gasteiger partial charge in [0.25, 0.3) is 5.95 Å². The van der Waals surface area contributed by atoms with Crippen molar-refractivity contribution in [1.82, 2.24) is 15.0 Å². The monoisotopic (exact) mass is 326 g/mol. The first-order chi connectivity index (χ1) is 10.8. The molecule has 3 heterocycles. The van der Waals surface area contributed by atoms with Gasteiger partial charge in [-0.2, -0.15) is 4.98 Å². The van der Waals surface area contributed by atoms with E-state index in [9.17, 15) is 4.79 Å². The minimum Gasteiger partial charge on any atom is -0.473 e. The molecule has 2 fully saturated rings. The average molecular weight is 326 g/mol. The number of nitrogens with zero attached hydrogens (tertiary/aromatic N) is 3. The second-order valence-electron chi connectivity index (χ2n) is 5.62. The number of rotatable bonds is 2. The number of amides is 1. The zero-order chi connectivity index (χ0) is 17.0. The molecule has 0 radical (unpaired) electrons. The molecule has 0 aliphatic carbocycles. The molecule has 2 bridgehead atoms. The fraction of sp³-hybridized carbons (Fsp3) is 0.615. The second-order valence-corrected chi connectivity index (χ2v) is 5.62. The number of hydrogen-bond donors (Lipinski definition) is 3. The van der Waals surface area contributed by atoms with Crippen LogP contribution in [-0.4, -0.2) is 62.7 Å². The quantitative estimate of drug-likeness (QED) is 0.635. The van der Waals surface area contributed by atoms with Crippen LogP contribution in [0.1, 0.15) is 32.1 Å². The van der Waals surface area contributed by atoms with Crippen molar-refractivity contribution in [3.8, 4) is 0 Å². The van der Waals surface area contributed by atoms with E-state index in [1.807, 2.05) is 0 Å². The molecule has 2 unspecified atom stereocenters. The highest BCUT2D eigenvalue weighted by Crippen LogP contribution is 2.41. The van der Waals surface area contributed by atoms with Gasteiger partial charge < -0.3 is 19.6 Å². The molecule has 3 rings (SSSR count). The van der Waals surface area contributed by atoms with Gasteiger partial charge in [-0.15, -0.1) is 0 Å². The van der Waals surface area contributed by atoms with Gasteiger partial charge in [0, 0.05) is 13.5 Å². The summed E-state index contributed by atoms with van der Waals surface area (Å²) in [6, 6.07) is 0. The molecule has 2 aliphatic rings. The van der Waals surface area contributed by atoms with Crippen molar-refractivity contribution in [2.75, 3.05) is 25.0 Å². The first-order valence-electron chi connectivity index (χ1n) is 7.13. The smallest absolute Gasteiger partial charge is 0.414 e. The Morgan fingerprint density at radius 1 is 1.22 bits per heavy atom. The van der Waals surface area contributed by atoms with Crippen LogP contribution in [0.2, 0.25) is 0 Å². The van der Waals surface area contributed by atoms with Crippen molar-refractivity contribution in [3.05, 3.63) is 5.89 Å². The number of aromatic nitrogens is 2. The van der Waals surface area contributed by atoms with E-state index in [2.05, 4.69) is 20.4 Å². The lowest BCUT2D eigenvalue weighted by Crippen LogP contribution is -2.37. The van der Waals surface area contributed by atoms with Crippen LogP contribution in [0.3, 0.4) is 0 Å². The summed E-state index contributed by atoms with van der Waals surface area (Å²) in [7, 11) is 0. The maximum atomic E-state index is 10.9. The molecule has 23 heavy (non-hydrogen) atoms. The Labute approximate surface area is 131 Å². The molecular weight excluding hydrogens is 308 g/mol. The number of aliphatic carboxylic acids is 2. The van der Waals surface area contributed by atoms with Gasteiger partial charge in [0.15, 0.2) is 0 Å². The molecule has 3 N–H and O–H groups in total. The molecular formula is C13H18N4O6. The topological polar surface area (TPSA) is 146 Å². The first-order valence-corrected chi connectivity index (χ1v) is 7.13. The van der Waals surface area contributed by atoms with E-state index in [1.165, 1.54) is 19.9 Å². The Morgan fingerprint density at radius 2 is 1.91 bits per heavy atom. The SMILES string of the molecule is CC(=O)Nc1noc(C23CCCN(CC2)C3)n1.O=C(O)C(=O)O. The highest BCUT2D eigenvalue weighted by atomic mass is 16.5. The third kappa shape index (κ3) is 4.03. The number of hydrogen-bond acceptors (Lipinski definition) is 7. The summed E-state index contributed by atoms with van der Waals surface area (Å²) in [5.74, 6) is -2.86. The van der Waals surface area contributed by atoms with Crippen LogP contribution in [0.25, 0.3) is 0 Å². The molecule has 10 heteroatoms. The fourth-order valence-electron chi connectivity index (χ4n) is 2.92. The maximum Gasteiger partial charge on any atom is 0.414 e. The number of carbonyl (C=O) groups excluding carboxylic acids is 1. The molecule has 126 valence electrons. The molecule has 1 amide bonds. The summed E-state index contributed by atoms with van der Waals surface area (Å²) < 4.78 is 5.32. The predicted octanol–water partition coefficient (Wildman–Crippen LogP) is -0.0791. The summed E-state index contributed by atoms with van der Waals surface area (Å²) >= 11 is 0. The van der Waals surface area contributed by atoms with Gasteiger partial charge in [0.1, 0.15) is 0 Å².